The summed E-state index contributed by atoms with van der Waals surface area (Å²) < 4.78 is 5.89. The van der Waals surface area contributed by atoms with Crippen molar-refractivity contribution in [1.29, 1.82) is 0 Å². The van der Waals surface area contributed by atoms with Gasteiger partial charge in [-0.1, -0.05) is 96.9 Å². The van der Waals surface area contributed by atoms with Crippen LogP contribution >= 0.6 is 11.8 Å². The van der Waals surface area contributed by atoms with E-state index in [1.807, 2.05) is 0 Å². The van der Waals surface area contributed by atoms with E-state index in [-0.39, 0.29) is 37.1 Å². The van der Waals surface area contributed by atoms with E-state index in [2.05, 4.69) is 388 Å². The number of aliphatic hydroxyl groups is 7. The van der Waals surface area contributed by atoms with Gasteiger partial charge in [-0.2, -0.15) is 0 Å². The molecule has 0 heterocycles. The summed E-state index contributed by atoms with van der Waals surface area (Å²) >= 11 is 1.78. The van der Waals surface area contributed by atoms with Crippen LogP contribution in [0, 0.1) is 242 Å². The van der Waals surface area contributed by atoms with Crippen molar-refractivity contribution in [3.8, 4) is 5.75 Å². The number of likely N-dealkylation sites (N-methyl/N-ethyl adjacent to an activating group) is 1. The van der Waals surface area contributed by atoms with E-state index in [4.69, 9.17) is 4.74 Å². The van der Waals surface area contributed by atoms with Crippen molar-refractivity contribution >= 4 is 17.4 Å². The van der Waals surface area contributed by atoms with Crippen LogP contribution in [-0.4, -0.2) is 180 Å². The Morgan fingerprint density at radius 3 is 0.868 bits per heavy atom. The van der Waals surface area contributed by atoms with Gasteiger partial charge in [-0.3, -0.25) is 0 Å². The lowest BCUT2D eigenvalue weighted by Crippen LogP contribution is -2.39. The third-order valence-corrected chi connectivity index (χ3v) is 31.5. The van der Waals surface area contributed by atoms with E-state index in [0.29, 0.717) is 94.7 Å². The molecule has 136 heavy (non-hydrogen) atoms. The van der Waals surface area contributed by atoms with E-state index >= 15 is 0 Å². The molecular weight excluding hydrogens is 1700 g/mol. The molecular formula is C119H204N8O8S. The maximum Gasteiger partial charge on any atom is 0.125 e. The Bertz CT molecular complexity index is 4510. The summed E-state index contributed by atoms with van der Waals surface area (Å²) in [5.41, 5.74) is 53.1. The molecule has 0 spiro atoms. The lowest BCUT2D eigenvalue weighted by molar-refractivity contribution is 0.104. The van der Waals surface area contributed by atoms with Gasteiger partial charge in [0, 0.05) is 118 Å². The Balaban J connectivity index is 0.000000794. The summed E-state index contributed by atoms with van der Waals surface area (Å²) in [6.45, 7) is 110. The lowest BCUT2D eigenvalue weighted by Gasteiger charge is -2.29. The number of ether oxygens (including phenoxy) is 1. The fraction of sp³-hybridized carbons (Fsp3) is 0.647. The SMILES string of the molecule is Cc1c(C)c(C)c(C(CO)NC(C)C)c(C)c1C.Cc1c(C)c(C)c(C(O)CNC(C)C)c(C)c1C.Cc1c(C)c(C)c(CC(O)CNC(C)C)c(C)c1C.Cc1c(C)c(C)c(CCC(O)CNC(C)C)c(C)c1C.Cc1c(C)c(C)c(N(C)CC(O)CNC(C)C)c(C)c1C.Cc1c(C)c(C)c(OCC(O)CNC(C)C)c(C)c1C.Cc1c(C)c(C)c(SCC(O)CNC(C)C)c(C)c1C. The molecule has 0 saturated carbocycles. The maximum absolute atomic E-state index is 10.4. The van der Waals surface area contributed by atoms with E-state index in [9.17, 15) is 35.7 Å². The molecule has 17 heteroatoms. The third-order valence-electron chi connectivity index (χ3n) is 30.1. The summed E-state index contributed by atoms with van der Waals surface area (Å²) in [4.78, 5) is 3.53. The van der Waals surface area contributed by atoms with Gasteiger partial charge in [-0.15, -0.1) is 11.8 Å². The molecule has 16 nitrogen and oxygen atoms in total. The number of anilines is 1. The highest BCUT2D eigenvalue weighted by atomic mass is 32.2. The molecule has 0 aliphatic rings. The smallest absolute Gasteiger partial charge is 0.125 e. The Morgan fingerprint density at radius 1 is 0.272 bits per heavy atom. The van der Waals surface area contributed by atoms with Crippen molar-refractivity contribution in [2.24, 2.45) is 0 Å². The van der Waals surface area contributed by atoms with Crippen LogP contribution < -0.4 is 46.9 Å². The Morgan fingerprint density at radius 2 is 0.537 bits per heavy atom. The zero-order valence-corrected chi connectivity index (χ0v) is 97.0. The fourth-order valence-electron chi connectivity index (χ4n) is 17.9. The molecule has 0 aromatic heterocycles. The van der Waals surface area contributed by atoms with Crippen molar-refractivity contribution in [3.63, 3.8) is 0 Å². The molecule has 7 rings (SSSR count). The van der Waals surface area contributed by atoms with Crippen molar-refractivity contribution < 1.29 is 40.5 Å². The van der Waals surface area contributed by atoms with Gasteiger partial charge >= 0.3 is 0 Å². The molecule has 0 aliphatic carbocycles. The van der Waals surface area contributed by atoms with Gasteiger partial charge in [0.2, 0.25) is 0 Å². The normalized spacial score (nSPS) is 13.0. The monoisotopic (exact) mass is 1910 g/mol. The largest absolute Gasteiger partial charge is 0.490 e. The van der Waals surface area contributed by atoms with Gasteiger partial charge in [0.05, 0.1) is 43.2 Å². The van der Waals surface area contributed by atoms with Crippen LogP contribution in [0.1, 0.15) is 332 Å². The summed E-state index contributed by atoms with van der Waals surface area (Å²) in [5.74, 6) is 1.66. The molecule has 7 atom stereocenters. The number of hydrogen-bond donors (Lipinski definition) is 14. The molecule has 14 N–H and O–H groups in total. The molecule has 0 aliphatic heterocycles. The van der Waals surface area contributed by atoms with Crippen molar-refractivity contribution in [1.82, 2.24) is 37.2 Å². The average molecular weight is 1910 g/mol. The van der Waals surface area contributed by atoms with Crippen molar-refractivity contribution in [2.75, 3.05) is 76.7 Å². The van der Waals surface area contributed by atoms with Crippen molar-refractivity contribution in [3.05, 3.63) is 217 Å². The molecule has 0 amide bonds. The first-order chi connectivity index (χ1) is 62.7. The van der Waals surface area contributed by atoms with Gasteiger partial charge < -0.3 is 82.6 Å². The van der Waals surface area contributed by atoms with E-state index < -0.39 is 12.2 Å². The number of aliphatic hydroxyl groups excluding tert-OH is 7. The van der Waals surface area contributed by atoms with Crippen LogP contribution in [0.4, 0.5) is 5.69 Å². The number of rotatable bonds is 37. The van der Waals surface area contributed by atoms with Crippen LogP contribution in [0.2, 0.25) is 0 Å². The van der Waals surface area contributed by atoms with Gasteiger partial charge in [0.25, 0.3) is 0 Å². The molecule has 0 radical (unpaired) electrons. The number of benzene rings is 7. The van der Waals surface area contributed by atoms with Crippen molar-refractivity contribution in [2.45, 2.75) is 448 Å². The number of nitrogens with zero attached hydrogens (tertiary/aromatic N) is 1. The maximum atomic E-state index is 10.4. The topological polar surface area (TPSA) is 238 Å². The second kappa shape index (κ2) is 60.4. The zero-order valence-electron chi connectivity index (χ0n) is 96.2. The van der Waals surface area contributed by atoms with Crippen LogP contribution in [0.3, 0.4) is 0 Å². The summed E-state index contributed by atoms with van der Waals surface area (Å²) in [7, 11) is 2.07. The second-order valence-electron chi connectivity index (χ2n) is 42.1. The quantitative estimate of drug-likeness (QED) is 0.0162. The van der Waals surface area contributed by atoms with Crippen LogP contribution in [0.15, 0.2) is 4.90 Å². The van der Waals surface area contributed by atoms with Crippen LogP contribution in [0.25, 0.3) is 0 Å². The first kappa shape index (κ1) is 128. The molecule has 7 aromatic rings. The molecule has 7 aromatic carbocycles. The van der Waals surface area contributed by atoms with Crippen LogP contribution in [0.5, 0.6) is 5.75 Å². The van der Waals surface area contributed by atoms with Crippen LogP contribution in [-0.2, 0) is 12.8 Å². The fourth-order valence-corrected chi connectivity index (χ4v) is 19.2. The first-order valence-corrected chi connectivity index (χ1v) is 52.0. The minimum absolute atomic E-state index is 0.0306. The third kappa shape index (κ3) is 38.0. The summed E-state index contributed by atoms with van der Waals surface area (Å²) in [6.07, 6.45) is 0.354. The van der Waals surface area contributed by atoms with Gasteiger partial charge in [-0.05, 0) is 472 Å². The average Bonchev–Trinajstić information content (AvgIpc) is 0.782. The highest BCUT2D eigenvalue weighted by molar-refractivity contribution is 7.99. The molecule has 0 saturated heterocycles. The highest BCUT2D eigenvalue weighted by Gasteiger charge is 2.26. The second-order valence-corrected chi connectivity index (χ2v) is 43.2. The number of thioether (sulfide) groups is 1. The minimum atomic E-state index is -0.488. The predicted molar refractivity (Wildman–Crippen MR) is 594 cm³/mol. The molecule has 0 bridgehead atoms. The Labute approximate surface area is 837 Å². The molecule has 0 fully saturated rings. The Kier molecular flexibility index (Phi) is 56.8. The molecule has 774 valence electrons. The summed E-state index contributed by atoms with van der Waals surface area (Å²) in [5, 5.41) is 93.7. The van der Waals surface area contributed by atoms with Gasteiger partial charge in [0.15, 0.2) is 0 Å². The standard InChI is InChI=1S/C18H32N2O.C18H31NO.C17H29NO2.C17H29NOS.C17H29NO.2C16H27NO/c1-11(2)19-9-17(21)10-20(8)18-15(6)13(4)12(3)14(5)16(18)7;1-11(2)19-10-17(20)8-9-18-15(6)13(4)12(3)14(5)16(18)7;2*1-10(2)18-8-16(19)9-20-17-14(6)12(4)11(3)13(5)15(17)7;1-10(2)18-9-16(19)8-17-14(6)12(4)11(3)13(5)15(17)7;1-9(2)17-15(8-18)16-13(6)11(4)10(3)12(5)14(16)7;1-9(2)17-8-15(18)16-13(6)11(4)10(3)12(5)14(16)7/h11,17,19,21H,9-10H2,1-8H3;11,17,19-20H,8-10H2,1-7H3;2*10,16,18-19H,8-9H2,1-7H3;10,16,18-19H,8-9H2,1-7H3;2*9,15,17-18H,8H2,1-7H3. The number of hydrogen-bond acceptors (Lipinski definition) is 17. The van der Waals surface area contributed by atoms with Gasteiger partial charge in [0.1, 0.15) is 18.5 Å². The Hall–Kier alpha value is -6.07. The molecule has 7 unspecified atom stereocenters. The van der Waals surface area contributed by atoms with E-state index in [1.165, 1.54) is 222 Å². The minimum Gasteiger partial charge on any atom is -0.490 e. The predicted octanol–water partition coefficient (Wildman–Crippen LogP) is 22.8. The van der Waals surface area contributed by atoms with E-state index in [1.54, 1.807) is 11.8 Å². The highest BCUT2D eigenvalue weighted by Crippen LogP contribution is 2.39. The van der Waals surface area contributed by atoms with E-state index in [0.717, 1.165) is 36.3 Å². The number of nitrogens with one attached hydrogen (secondary N) is 7. The first-order valence-electron chi connectivity index (χ1n) is 51.0. The zero-order chi connectivity index (χ0) is 105. The lowest BCUT2D eigenvalue weighted by atomic mass is 9.86. The van der Waals surface area contributed by atoms with Gasteiger partial charge in [-0.25, -0.2) is 0 Å². The summed E-state index contributed by atoms with van der Waals surface area (Å²) in [6, 6.07) is 2.82.